The molecule has 1 atom stereocenters. The maximum absolute atomic E-state index is 6.24. The first kappa shape index (κ1) is 13.4. The van der Waals surface area contributed by atoms with Crippen LogP contribution in [-0.2, 0) is 13.5 Å². The Morgan fingerprint density at radius 2 is 2.11 bits per heavy atom. The zero-order valence-electron chi connectivity index (χ0n) is 11.3. The average molecular weight is 262 g/mol. The molecule has 1 heterocycles. The Balaban J connectivity index is 2.26. The van der Waals surface area contributed by atoms with Crippen molar-refractivity contribution in [1.82, 2.24) is 14.8 Å². The van der Waals surface area contributed by atoms with Gasteiger partial charge in [0.1, 0.15) is 23.7 Å². The highest BCUT2D eigenvalue weighted by atomic mass is 16.5. The maximum atomic E-state index is 6.24. The summed E-state index contributed by atoms with van der Waals surface area (Å²) in [6.45, 7) is 0. The van der Waals surface area contributed by atoms with Crippen LogP contribution in [-0.4, -0.2) is 29.0 Å². The lowest BCUT2D eigenvalue weighted by atomic mass is 10.0. The minimum Gasteiger partial charge on any atom is -0.497 e. The first-order chi connectivity index (χ1) is 9.15. The predicted octanol–water partition coefficient (Wildman–Crippen LogP) is 1.07. The van der Waals surface area contributed by atoms with Gasteiger partial charge in [-0.3, -0.25) is 4.68 Å². The number of methoxy groups -OCH3 is 2. The topological polar surface area (TPSA) is 75.2 Å². The van der Waals surface area contributed by atoms with E-state index in [0.717, 1.165) is 22.9 Å². The molecule has 0 fully saturated rings. The lowest BCUT2D eigenvalue weighted by Crippen LogP contribution is -2.17. The summed E-state index contributed by atoms with van der Waals surface area (Å²) in [6.07, 6.45) is 2.10. The highest BCUT2D eigenvalue weighted by Crippen LogP contribution is 2.29. The van der Waals surface area contributed by atoms with Crippen molar-refractivity contribution in [2.45, 2.75) is 12.5 Å². The second-order valence-corrected chi connectivity index (χ2v) is 4.22. The van der Waals surface area contributed by atoms with Gasteiger partial charge in [0, 0.05) is 25.1 Å². The van der Waals surface area contributed by atoms with Crippen LogP contribution in [0.5, 0.6) is 11.5 Å². The number of ether oxygens (including phenoxy) is 2. The number of aromatic nitrogens is 3. The van der Waals surface area contributed by atoms with E-state index in [-0.39, 0.29) is 6.04 Å². The van der Waals surface area contributed by atoms with Gasteiger partial charge in [-0.2, -0.15) is 5.10 Å². The fourth-order valence-electron chi connectivity index (χ4n) is 1.94. The second kappa shape index (κ2) is 5.71. The molecule has 2 rings (SSSR count). The van der Waals surface area contributed by atoms with Crippen LogP contribution >= 0.6 is 0 Å². The van der Waals surface area contributed by atoms with Crippen LogP contribution in [0, 0.1) is 0 Å². The van der Waals surface area contributed by atoms with E-state index >= 15 is 0 Å². The fraction of sp³-hybridized carbons (Fsp3) is 0.385. The Morgan fingerprint density at radius 3 is 2.68 bits per heavy atom. The SMILES string of the molecule is COc1ccc(OC)c(C(N)Cc2ncnn2C)c1. The number of aryl methyl sites for hydroxylation is 1. The Kier molecular flexibility index (Phi) is 4.01. The van der Waals surface area contributed by atoms with E-state index in [0.29, 0.717) is 6.42 Å². The molecule has 2 aromatic rings. The minimum absolute atomic E-state index is 0.229. The third-order valence-electron chi connectivity index (χ3n) is 3.04. The number of nitrogens with two attached hydrogens (primary N) is 1. The monoisotopic (exact) mass is 262 g/mol. The molecule has 6 heteroatoms. The van der Waals surface area contributed by atoms with Crippen LogP contribution in [0.3, 0.4) is 0 Å². The highest BCUT2D eigenvalue weighted by Gasteiger charge is 2.16. The van der Waals surface area contributed by atoms with Gasteiger partial charge in [-0.05, 0) is 18.2 Å². The minimum atomic E-state index is -0.229. The number of hydrogen-bond donors (Lipinski definition) is 1. The van der Waals surface area contributed by atoms with Crippen molar-refractivity contribution in [2.24, 2.45) is 12.8 Å². The summed E-state index contributed by atoms with van der Waals surface area (Å²) in [5, 5.41) is 4.03. The zero-order valence-corrected chi connectivity index (χ0v) is 11.3. The molecule has 102 valence electrons. The summed E-state index contributed by atoms with van der Waals surface area (Å²) in [4.78, 5) is 4.18. The normalized spacial score (nSPS) is 12.2. The molecule has 1 aromatic heterocycles. The summed E-state index contributed by atoms with van der Waals surface area (Å²) in [5.74, 6) is 2.33. The quantitative estimate of drug-likeness (QED) is 0.872. The summed E-state index contributed by atoms with van der Waals surface area (Å²) in [7, 11) is 5.10. The molecule has 0 saturated carbocycles. The van der Waals surface area contributed by atoms with E-state index in [1.807, 2.05) is 25.2 Å². The lowest BCUT2D eigenvalue weighted by molar-refractivity contribution is 0.394. The van der Waals surface area contributed by atoms with Crippen molar-refractivity contribution in [1.29, 1.82) is 0 Å². The molecular formula is C13H18N4O2. The van der Waals surface area contributed by atoms with E-state index in [9.17, 15) is 0 Å². The Morgan fingerprint density at radius 1 is 1.32 bits per heavy atom. The molecular weight excluding hydrogens is 244 g/mol. The van der Waals surface area contributed by atoms with Gasteiger partial charge in [0.15, 0.2) is 0 Å². The average Bonchev–Trinajstić information content (AvgIpc) is 2.83. The van der Waals surface area contributed by atoms with Crippen LogP contribution in [0.1, 0.15) is 17.4 Å². The molecule has 1 unspecified atom stereocenters. The molecule has 1 aromatic carbocycles. The van der Waals surface area contributed by atoms with Gasteiger partial charge in [-0.15, -0.1) is 0 Å². The number of hydrogen-bond acceptors (Lipinski definition) is 5. The van der Waals surface area contributed by atoms with Gasteiger partial charge < -0.3 is 15.2 Å². The zero-order chi connectivity index (χ0) is 13.8. The van der Waals surface area contributed by atoms with Crippen LogP contribution in [0.4, 0.5) is 0 Å². The van der Waals surface area contributed by atoms with Gasteiger partial charge in [0.05, 0.1) is 14.2 Å². The van der Waals surface area contributed by atoms with Crippen molar-refractivity contribution in [3.63, 3.8) is 0 Å². The van der Waals surface area contributed by atoms with Crippen LogP contribution in [0.25, 0.3) is 0 Å². The van der Waals surface area contributed by atoms with Gasteiger partial charge in [0.25, 0.3) is 0 Å². The molecule has 0 saturated heterocycles. The van der Waals surface area contributed by atoms with Crippen molar-refractivity contribution >= 4 is 0 Å². The smallest absolute Gasteiger partial charge is 0.138 e. The van der Waals surface area contributed by atoms with Gasteiger partial charge in [-0.25, -0.2) is 4.98 Å². The van der Waals surface area contributed by atoms with Crippen LogP contribution in [0.15, 0.2) is 24.5 Å². The first-order valence-electron chi connectivity index (χ1n) is 5.96. The highest BCUT2D eigenvalue weighted by molar-refractivity contribution is 5.42. The molecule has 0 aliphatic carbocycles. The molecule has 0 aliphatic rings. The summed E-state index contributed by atoms with van der Waals surface area (Å²) < 4.78 is 12.3. The molecule has 0 aliphatic heterocycles. The van der Waals surface area contributed by atoms with Crippen molar-refractivity contribution in [3.8, 4) is 11.5 Å². The Bertz CT molecular complexity index is 553. The molecule has 0 bridgehead atoms. The van der Waals surface area contributed by atoms with Crippen molar-refractivity contribution < 1.29 is 9.47 Å². The number of rotatable bonds is 5. The number of nitrogens with zero attached hydrogens (tertiary/aromatic N) is 3. The molecule has 0 spiro atoms. The predicted molar refractivity (Wildman–Crippen MR) is 71.2 cm³/mol. The van der Waals surface area contributed by atoms with E-state index in [2.05, 4.69) is 10.1 Å². The van der Waals surface area contributed by atoms with E-state index in [4.69, 9.17) is 15.2 Å². The Hall–Kier alpha value is -2.08. The van der Waals surface area contributed by atoms with E-state index < -0.39 is 0 Å². The third-order valence-corrected chi connectivity index (χ3v) is 3.04. The summed E-state index contributed by atoms with van der Waals surface area (Å²) >= 11 is 0. The molecule has 2 N–H and O–H groups in total. The third kappa shape index (κ3) is 2.85. The van der Waals surface area contributed by atoms with Crippen molar-refractivity contribution in [2.75, 3.05) is 14.2 Å². The molecule has 19 heavy (non-hydrogen) atoms. The molecule has 0 radical (unpaired) electrons. The van der Waals surface area contributed by atoms with Gasteiger partial charge in [0.2, 0.25) is 0 Å². The van der Waals surface area contributed by atoms with E-state index in [1.165, 1.54) is 6.33 Å². The van der Waals surface area contributed by atoms with Crippen LogP contribution in [0.2, 0.25) is 0 Å². The first-order valence-corrected chi connectivity index (χ1v) is 5.96. The second-order valence-electron chi connectivity index (χ2n) is 4.22. The van der Waals surface area contributed by atoms with Gasteiger partial charge in [-0.1, -0.05) is 0 Å². The standard InChI is InChI=1S/C13H18N4O2/c1-17-13(15-8-16-17)7-11(14)10-6-9(18-2)4-5-12(10)19-3/h4-6,8,11H,7,14H2,1-3H3. The molecule has 0 amide bonds. The van der Waals surface area contributed by atoms with E-state index in [1.54, 1.807) is 18.9 Å². The van der Waals surface area contributed by atoms with Crippen LogP contribution < -0.4 is 15.2 Å². The van der Waals surface area contributed by atoms with Gasteiger partial charge >= 0.3 is 0 Å². The number of benzene rings is 1. The maximum Gasteiger partial charge on any atom is 0.138 e. The lowest BCUT2D eigenvalue weighted by Gasteiger charge is -2.16. The Labute approximate surface area is 112 Å². The fourth-order valence-corrected chi connectivity index (χ4v) is 1.94. The largest absolute Gasteiger partial charge is 0.497 e. The molecule has 6 nitrogen and oxygen atoms in total. The van der Waals surface area contributed by atoms with Crippen molar-refractivity contribution in [3.05, 3.63) is 35.9 Å². The summed E-state index contributed by atoms with van der Waals surface area (Å²) in [5.41, 5.74) is 7.13. The summed E-state index contributed by atoms with van der Waals surface area (Å²) in [6, 6.07) is 5.36.